The quantitative estimate of drug-likeness (QED) is 0.666. The van der Waals surface area contributed by atoms with Gasteiger partial charge in [0, 0.05) is 5.56 Å². The summed E-state index contributed by atoms with van der Waals surface area (Å²) in [4.78, 5) is 16.4. The molecule has 0 aliphatic heterocycles. The molecule has 0 aliphatic carbocycles. The summed E-state index contributed by atoms with van der Waals surface area (Å²) < 4.78 is 11.1. The van der Waals surface area contributed by atoms with Gasteiger partial charge in [-0.3, -0.25) is 9.48 Å². The number of benzene rings is 1. The standard InChI is InChI=1S/C17H18N4O2S/c1-4-23-15(22)10-21-14(9-12(3)19-21)17-18-16(20-24-17)13-7-5-6-11(2)8-13/h5-9H,4,10H2,1-3H3. The van der Waals surface area contributed by atoms with Crippen LogP contribution in [0.1, 0.15) is 18.2 Å². The van der Waals surface area contributed by atoms with Crippen molar-refractivity contribution < 1.29 is 9.53 Å². The number of hydrogen-bond donors (Lipinski definition) is 0. The van der Waals surface area contributed by atoms with E-state index in [0.29, 0.717) is 12.4 Å². The Balaban J connectivity index is 1.91. The monoisotopic (exact) mass is 342 g/mol. The van der Waals surface area contributed by atoms with Gasteiger partial charge in [0.1, 0.15) is 6.54 Å². The Hall–Kier alpha value is -2.54. The van der Waals surface area contributed by atoms with Gasteiger partial charge in [0.2, 0.25) is 0 Å². The topological polar surface area (TPSA) is 69.9 Å². The van der Waals surface area contributed by atoms with E-state index < -0.39 is 0 Å². The van der Waals surface area contributed by atoms with Gasteiger partial charge >= 0.3 is 5.97 Å². The second kappa shape index (κ2) is 6.92. The molecule has 124 valence electrons. The van der Waals surface area contributed by atoms with E-state index in [9.17, 15) is 4.79 Å². The molecule has 24 heavy (non-hydrogen) atoms. The van der Waals surface area contributed by atoms with Crippen LogP contribution in [0.25, 0.3) is 22.1 Å². The fourth-order valence-electron chi connectivity index (χ4n) is 2.40. The van der Waals surface area contributed by atoms with E-state index in [1.165, 1.54) is 11.5 Å². The summed E-state index contributed by atoms with van der Waals surface area (Å²) in [5.74, 6) is 0.366. The number of carbonyl (C=O) groups is 1. The van der Waals surface area contributed by atoms with Gasteiger partial charge in [-0.2, -0.15) is 9.47 Å². The Morgan fingerprint density at radius 1 is 1.29 bits per heavy atom. The highest BCUT2D eigenvalue weighted by Crippen LogP contribution is 2.27. The molecule has 1 aromatic carbocycles. The average molecular weight is 342 g/mol. The summed E-state index contributed by atoms with van der Waals surface area (Å²) >= 11 is 1.30. The fourth-order valence-corrected chi connectivity index (χ4v) is 3.10. The summed E-state index contributed by atoms with van der Waals surface area (Å²) in [6.45, 7) is 6.12. The Bertz CT molecular complexity index is 869. The zero-order chi connectivity index (χ0) is 17.1. The van der Waals surface area contributed by atoms with Crippen LogP contribution in [0.15, 0.2) is 30.3 Å². The highest BCUT2D eigenvalue weighted by atomic mass is 32.1. The molecule has 0 N–H and O–H groups in total. The predicted octanol–water partition coefficient (Wildman–Crippen LogP) is 3.25. The first-order valence-corrected chi connectivity index (χ1v) is 8.45. The number of aromatic nitrogens is 4. The molecule has 0 spiro atoms. The minimum Gasteiger partial charge on any atom is -0.465 e. The van der Waals surface area contributed by atoms with E-state index in [-0.39, 0.29) is 12.5 Å². The van der Waals surface area contributed by atoms with Crippen molar-refractivity contribution >= 4 is 17.5 Å². The van der Waals surface area contributed by atoms with Crippen LogP contribution in [0.5, 0.6) is 0 Å². The number of nitrogens with zero attached hydrogens (tertiary/aromatic N) is 4. The fraction of sp³-hybridized carbons (Fsp3) is 0.294. The molecule has 3 rings (SSSR count). The van der Waals surface area contributed by atoms with E-state index >= 15 is 0 Å². The van der Waals surface area contributed by atoms with Crippen LogP contribution in [-0.4, -0.2) is 31.7 Å². The lowest BCUT2D eigenvalue weighted by atomic mass is 10.1. The highest BCUT2D eigenvalue weighted by molar-refractivity contribution is 7.09. The average Bonchev–Trinajstić information content (AvgIpc) is 3.14. The van der Waals surface area contributed by atoms with E-state index in [1.54, 1.807) is 11.6 Å². The number of aryl methyl sites for hydroxylation is 2. The molecule has 3 aromatic rings. The molecule has 0 fully saturated rings. The van der Waals surface area contributed by atoms with Gasteiger partial charge in [0.15, 0.2) is 10.8 Å². The van der Waals surface area contributed by atoms with Gasteiger partial charge in [0.05, 0.1) is 18.0 Å². The van der Waals surface area contributed by atoms with Crippen molar-refractivity contribution in [3.8, 4) is 22.1 Å². The molecule has 0 bridgehead atoms. The molecule has 6 nitrogen and oxygen atoms in total. The zero-order valence-corrected chi connectivity index (χ0v) is 14.6. The minimum atomic E-state index is -0.315. The van der Waals surface area contributed by atoms with Crippen LogP contribution in [-0.2, 0) is 16.1 Å². The Morgan fingerprint density at radius 2 is 2.12 bits per heavy atom. The maximum Gasteiger partial charge on any atom is 0.327 e. The molecule has 0 unspecified atom stereocenters. The van der Waals surface area contributed by atoms with E-state index in [2.05, 4.69) is 14.5 Å². The second-order valence-electron chi connectivity index (χ2n) is 5.43. The van der Waals surface area contributed by atoms with Crippen LogP contribution in [0, 0.1) is 13.8 Å². The molecular formula is C17H18N4O2S. The molecule has 0 saturated heterocycles. The molecule has 2 aromatic heterocycles. The molecule has 0 radical (unpaired) electrons. The van der Waals surface area contributed by atoms with Crippen molar-refractivity contribution in [2.75, 3.05) is 6.61 Å². The minimum absolute atomic E-state index is 0.0658. The van der Waals surface area contributed by atoms with Gasteiger partial charge in [-0.15, -0.1) is 0 Å². The zero-order valence-electron chi connectivity index (χ0n) is 13.8. The van der Waals surface area contributed by atoms with Gasteiger partial charge in [-0.25, -0.2) is 4.98 Å². The summed E-state index contributed by atoms with van der Waals surface area (Å²) in [5.41, 5.74) is 3.73. The first-order chi connectivity index (χ1) is 11.6. The van der Waals surface area contributed by atoms with Crippen LogP contribution in [0.3, 0.4) is 0 Å². The smallest absolute Gasteiger partial charge is 0.327 e. The number of ether oxygens (including phenoxy) is 1. The first-order valence-electron chi connectivity index (χ1n) is 7.68. The van der Waals surface area contributed by atoms with Gasteiger partial charge in [-0.05, 0) is 44.4 Å². The van der Waals surface area contributed by atoms with Crippen molar-refractivity contribution in [2.24, 2.45) is 0 Å². The van der Waals surface area contributed by atoms with Crippen LogP contribution in [0.2, 0.25) is 0 Å². The molecule has 0 amide bonds. The largest absolute Gasteiger partial charge is 0.465 e. The number of esters is 1. The van der Waals surface area contributed by atoms with Crippen LogP contribution < -0.4 is 0 Å². The lowest BCUT2D eigenvalue weighted by Gasteiger charge is -2.04. The number of rotatable bonds is 5. The van der Waals surface area contributed by atoms with Gasteiger partial charge in [0.25, 0.3) is 0 Å². The SMILES string of the molecule is CCOC(=O)Cn1nc(C)cc1-c1nc(-c2cccc(C)c2)ns1. The molecule has 0 aliphatic rings. The third kappa shape index (κ3) is 3.51. The molecular weight excluding hydrogens is 324 g/mol. The van der Waals surface area contributed by atoms with Gasteiger partial charge in [-0.1, -0.05) is 23.8 Å². The Labute approximate surface area is 144 Å². The lowest BCUT2D eigenvalue weighted by molar-refractivity contribution is -0.144. The summed E-state index contributed by atoms with van der Waals surface area (Å²) in [5, 5.41) is 5.09. The van der Waals surface area contributed by atoms with E-state index in [0.717, 1.165) is 27.5 Å². The lowest BCUT2D eigenvalue weighted by Crippen LogP contribution is -2.15. The molecule has 0 atom stereocenters. The predicted molar refractivity (Wildman–Crippen MR) is 92.7 cm³/mol. The number of carbonyl (C=O) groups excluding carboxylic acids is 1. The van der Waals surface area contributed by atoms with Crippen LogP contribution in [0.4, 0.5) is 0 Å². The maximum absolute atomic E-state index is 11.8. The van der Waals surface area contributed by atoms with Crippen molar-refractivity contribution in [2.45, 2.75) is 27.3 Å². The first kappa shape index (κ1) is 16.3. The Morgan fingerprint density at radius 3 is 2.88 bits per heavy atom. The molecule has 7 heteroatoms. The maximum atomic E-state index is 11.8. The third-order valence-corrected chi connectivity index (χ3v) is 4.15. The highest BCUT2D eigenvalue weighted by Gasteiger charge is 2.16. The normalized spacial score (nSPS) is 10.8. The summed E-state index contributed by atoms with van der Waals surface area (Å²) in [7, 11) is 0. The van der Waals surface area contributed by atoms with E-state index in [4.69, 9.17) is 4.74 Å². The molecule has 2 heterocycles. The van der Waals surface area contributed by atoms with Crippen molar-refractivity contribution in [3.05, 3.63) is 41.6 Å². The van der Waals surface area contributed by atoms with Crippen LogP contribution >= 0.6 is 11.5 Å². The summed E-state index contributed by atoms with van der Waals surface area (Å²) in [6.07, 6.45) is 0. The number of hydrogen-bond acceptors (Lipinski definition) is 6. The van der Waals surface area contributed by atoms with E-state index in [1.807, 2.05) is 44.2 Å². The van der Waals surface area contributed by atoms with Gasteiger partial charge < -0.3 is 4.74 Å². The molecule has 0 saturated carbocycles. The second-order valence-corrected chi connectivity index (χ2v) is 6.18. The summed E-state index contributed by atoms with van der Waals surface area (Å²) in [6, 6.07) is 9.96. The van der Waals surface area contributed by atoms with Crippen molar-refractivity contribution in [3.63, 3.8) is 0 Å². The van der Waals surface area contributed by atoms with Crippen molar-refractivity contribution in [1.82, 2.24) is 19.1 Å². The Kier molecular flexibility index (Phi) is 4.71. The van der Waals surface area contributed by atoms with Crippen molar-refractivity contribution in [1.29, 1.82) is 0 Å². The third-order valence-electron chi connectivity index (χ3n) is 3.41.